The highest BCUT2D eigenvalue weighted by Gasteiger charge is 2.11. The van der Waals surface area contributed by atoms with Crippen LogP contribution < -0.4 is 5.32 Å². The molecule has 2 rings (SSSR count). The van der Waals surface area contributed by atoms with E-state index in [-0.39, 0.29) is 24.0 Å². The predicted octanol–water partition coefficient (Wildman–Crippen LogP) is 3.21. The molecule has 1 heterocycles. The van der Waals surface area contributed by atoms with Crippen LogP contribution in [-0.2, 0) is 20.0 Å². The molecule has 1 aromatic carbocycles. The Bertz CT molecular complexity index is 721. The summed E-state index contributed by atoms with van der Waals surface area (Å²) in [6.45, 7) is 8.03. The summed E-state index contributed by atoms with van der Waals surface area (Å²) in [4.78, 5) is 6.56. The average Bonchev–Trinajstić information content (AvgIpc) is 2.79. The molecular weight excluding hydrogens is 425 g/mol. The highest BCUT2D eigenvalue weighted by molar-refractivity contribution is 14.0. The normalized spacial score (nSPS) is 11.2. The van der Waals surface area contributed by atoms with E-state index in [1.54, 1.807) is 0 Å². The van der Waals surface area contributed by atoms with Crippen LogP contribution in [-0.4, -0.2) is 41.3 Å². The van der Waals surface area contributed by atoms with Gasteiger partial charge in [-0.3, -0.25) is 9.67 Å². The Morgan fingerprint density at radius 2 is 1.92 bits per heavy atom. The summed E-state index contributed by atoms with van der Waals surface area (Å²) in [6, 6.07) is 8.47. The number of halogens is 1. The van der Waals surface area contributed by atoms with Crippen LogP contribution >= 0.6 is 24.0 Å². The maximum atomic E-state index is 4.48. The van der Waals surface area contributed by atoms with Crippen molar-refractivity contribution >= 4 is 29.9 Å². The van der Waals surface area contributed by atoms with Gasteiger partial charge in [0.2, 0.25) is 0 Å². The fourth-order valence-electron chi connectivity index (χ4n) is 2.98. The summed E-state index contributed by atoms with van der Waals surface area (Å²) in [6.07, 6.45) is 0.947. The Morgan fingerprint density at radius 1 is 1.24 bits per heavy atom. The lowest BCUT2D eigenvalue weighted by Gasteiger charge is -2.23. The standard InChI is InChI=1S/C19H29N5.HI/c1-14-9-7-8-10-17(14)13-23(5)19(20-4)21-12-11-18-15(2)22-24(6)16(18)3;/h7-10H,11-13H2,1-6H3,(H,20,21);1H. The van der Waals surface area contributed by atoms with Crippen LogP contribution in [0.1, 0.15) is 28.1 Å². The average molecular weight is 455 g/mol. The molecular formula is C19H30IN5. The van der Waals surface area contributed by atoms with Crippen LogP contribution in [0, 0.1) is 20.8 Å². The number of aryl methyl sites for hydroxylation is 3. The van der Waals surface area contributed by atoms with Crippen LogP contribution in [0.5, 0.6) is 0 Å². The van der Waals surface area contributed by atoms with E-state index in [4.69, 9.17) is 0 Å². The quantitative estimate of drug-likeness (QED) is 0.428. The number of hydrogen-bond acceptors (Lipinski definition) is 2. The van der Waals surface area contributed by atoms with Crippen LogP contribution in [0.3, 0.4) is 0 Å². The van der Waals surface area contributed by atoms with Crippen LogP contribution in [0.25, 0.3) is 0 Å². The number of guanidine groups is 1. The van der Waals surface area contributed by atoms with E-state index >= 15 is 0 Å². The monoisotopic (exact) mass is 455 g/mol. The lowest BCUT2D eigenvalue weighted by Crippen LogP contribution is -2.39. The van der Waals surface area contributed by atoms with Gasteiger partial charge in [-0.15, -0.1) is 24.0 Å². The number of nitrogens with one attached hydrogen (secondary N) is 1. The number of rotatable bonds is 5. The molecule has 0 atom stereocenters. The van der Waals surface area contributed by atoms with Crippen molar-refractivity contribution in [2.24, 2.45) is 12.0 Å². The molecule has 5 nitrogen and oxygen atoms in total. The molecule has 25 heavy (non-hydrogen) atoms. The number of benzene rings is 1. The molecule has 0 fully saturated rings. The van der Waals surface area contributed by atoms with E-state index in [0.29, 0.717) is 0 Å². The Morgan fingerprint density at radius 3 is 2.48 bits per heavy atom. The number of hydrogen-bond donors (Lipinski definition) is 1. The first kappa shape index (κ1) is 21.5. The molecule has 138 valence electrons. The third kappa shape index (κ3) is 5.45. The van der Waals surface area contributed by atoms with Crippen molar-refractivity contribution in [2.45, 2.75) is 33.7 Å². The van der Waals surface area contributed by atoms with Crippen LogP contribution in [0.15, 0.2) is 29.3 Å². The van der Waals surface area contributed by atoms with Gasteiger partial charge < -0.3 is 10.2 Å². The molecule has 0 saturated heterocycles. The molecule has 0 aliphatic rings. The molecule has 1 N–H and O–H groups in total. The molecule has 0 aliphatic carbocycles. The molecule has 0 spiro atoms. The molecule has 0 saturated carbocycles. The van der Waals surface area contributed by atoms with Gasteiger partial charge in [0.15, 0.2) is 5.96 Å². The molecule has 0 unspecified atom stereocenters. The lowest BCUT2D eigenvalue weighted by atomic mass is 10.1. The first-order valence-corrected chi connectivity index (χ1v) is 8.39. The van der Waals surface area contributed by atoms with E-state index in [2.05, 4.69) is 72.4 Å². The van der Waals surface area contributed by atoms with E-state index in [1.165, 1.54) is 22.4 Å². The summed E-state index contributed by atoms with van der Waals surface area (Å²) in [5, 5.41) is 7.94. The molecule has 0 bridgehead atoms. The van der Waals surface area contributed by atoms with Crippen molar-refractivity contribution < 1.29 is 0 Å². The second-order valence-electron chi connectivity index (χ2n) is 6.28. The first-order valence-electron chi connectivity index (χ1n) is 8.39. The zero-order valence-electron chi connectivity index (χ0n) is 16.1. The van der Waals surface area contributed by atoms with Crippen molar-refractivity contribution in [2.75, 3.05) is 20.6 Å². The molecule has 0 amide bonds. The minimum absolute atomic E-state index is 0. The third-order valence-corrected chi connectivity index (χ3v) is 4.56. The highest BCUT2D eigenvalue weighted by Crippen LogP contribution is 2.12. The van der Waals surface area contributed by atoms with Gasteiger partial charge in [0.05, 0.1) is 5.69 Å². The third-order valence-electron chi connectivity index (χ3n) is 4.56. The van der Waals surface area contributed by atoms with Crippen molar-refractivity contribution in [3.63, 3.8) is 0 Å². The van der Waals surface area contributed by atoms with Crippen molar-refractivity contribution in [3.05, 3.63) is 52.3 Å². The number of aromatic nitrogens is 2. The molecule has 1 aromatic heterocycles. The molecule has 2 aromatic rings. The topological polar surface area (TPSA) is 45.5 Å². The van der Waals surface area contributed by atoms with Gasteiger partial charge in [0.1, 0.15) is 0 Å². The van der Waals surface area contributed by atoms with Gasteiger partial charge >= 0.3 is 0 Å². The van der Waals surface area contributed by atoms with E-state index in [0.717, 1.165) is 31.2 Å². The SMILES string of the molecule is CN=C(NCCc1c(C)nn(C)c1C)N(C)Cc1ccccc1C.I. The second-order valence-corrected chi connectivity index (χ2v) is 6.28. The Hall–Kier alpha value is -1.57. The maximum Gasteiger partial charge on any atom is 0.193 e. The van der Waals surface area contributed by atoms with Crippen LogP contribution in [0.4, 0.5) is 0 Å². The number of aliphatic imine (C=N–C) groups is 1. The van der Waals surface area contributed by atoms with E-state index in [1.807, 2.05) is 18.8 Å². The first-order chi connectivity index (χ1) is 11.4. The Balaban J connectivity index is 0.00000312. The predicted molar refractivity (Wildman–Crippen MR) is 116 cm³/mol. The largest absolute Gasteiger partial charge is 0.356 e. The Labute approximate surface area is 168 Å². The zero-order chi connectivity index (χ0) is 17.7. The van der Waals surface area contributed by atoms with Crippen molar-refractivity contribution in [1.29, 1.82) is 0 Å². The molecule has 6 heteroatoms. The van der Waals surface area contributed by atoms with Gasteiger partial charge in [-0.2, -0.15) is 5.10 Å². The van der Waals surface area contributed by atoms with Gasteiger partial charge in [0, 0.05) is 39.9 Å². The lowest BCUT2D eigenvalue weighted by molar-refractivity contribution is 0.476. The fourth-order valence-corrected chi connectivity index (χ4v) is 2.98. The van der Waals surface area contributed by atoms with Crippen molar-refractivity contribution in [1.82, 2.24) is 20.0 Å². The second kappa shape index (κ2) is 9.79. The molecule has 0 radical (unpaired) electrons. The Kier molecular flexibility index (Phi) is 8.41. The minimum Gasteiger partial charge on any atom is -0.356 e. The van der Waals surface area contributed by atoms with Gasteiger partial charge in [-0.25, -0.2) is 0 Å². The summed E-state index contributed by atoms with van der Waals surface area (Å²) in [5.74, 6) is 0.914. The summed E-state index contributed by atoms with van der Waals surface area (Å²) >= 11 is 0. The van der Waals surface area contributed by atoms with Gasteiger partial charge in [0.25, 0.3) is 0 Å². The smallest absolute Gasteiger partial charge is 0.193 e. The van der Waals surface area contributed by atoms with Crippen molar-refractivity contribution in [3.8, 4) is 0 Å². The summed E-state index contributed by atoms with van der Waals surface area (Å²) in [5.41, 5.74) is 6.29. The summed E-state index contributed by atoms with van der Waals surface area (Å²) < 4.78 is 1.95. The number of nitrogens with zero attached hydrogens (tertiary/aromatic N) is 4. The molecule has 0 aliphatic heterocycles. The highest BCUT2D eigenvalue weighted by atomic mass is 127. The minimum atomic E-state index is 0. The van der Waals surface area contributed by atoms with Crippen LogP contribution in [0.2, 0.25) is 0 Å². The fraction of sp³-hybridized carbons (Fsp3) is 0.474. The van der Waals surface area contributed by atoms with E-state index in [9.17, 15) is 0 Å². The maximum absolute atomic E-state index is 4.48. The van der Waals surface area contributed by atoms with Gasteiger partial charge in [-0.05, 0) is 43.9 Å². The summed E-state index contributed by atoms with van der Waals surface area (Å²) in [7, 11) is 5.90. The van der Waals surface area contributed by atoms with Gasteiger partial charge in [-0.1, -0.05) is 24.3 Å². The zero-order valence-corrected chi connectivity index (χ0v) is 18.5. The van der Waals surface area contributed by atoms with E-state index < -0.39 is 0 Å².